The molecule has 1 N–H and O–H groups in total. The van der Waals surface area contributed by atoms with E-state index in [0.29, 0.717) is 37.6 Å². The van der Waals surface area contributed by atoms with Crippen LogP contribution in [-0.2, 0) is 16.1 Å². The van der Waals surface area contributed by atoms with Gasteiger partial charge in [0, 0.05) is 51.1 Å². The van der Waals surface area contributed by atoms with Crippen molar-refractivity contribution in [2.45, 2.75) is 25.9 Å². The predicted octanol–water partition coefficient (Wildman–Crippen LogP) is 3.67. The first-order valence-corrected chi connectivity index (χ1v) is 9.98. The number of halogens is 2. The summed E-state index contributed by atoms with van der Waals surface area (Å²) >= 11 is 6.37. The largest absolute Gasteiger partial charge is 0.338 e. The molecule has 0 aromatic heterocycles. The predicted molar refractivity (Wildman–Crippen MR) is 118 cm³/mol. The Morgan fingerprint density at radius 3 is 2.52 bits per heavy atom. The molecule has 0 aliphatic carbocycles. The number of carbonyl (C=O) groups excluding carboxylic acids is 2. The Morgan fingerprint density at radius 2 is 1.83 bits per heavy atom. The summed E-state index contributed by atoms with van der Waals surface area (Å²) in [5.41, 5.74) is 2.01. The van der Waals surface area contributed by atoms with Gasteiger partial charge in [-0.05, 0) is 17.2 Å². The average Bonchev–Trinajstić information content (AvgIpc) is 2.72. The first-order chi connectivity index (χ1) is 13.6. The lowest BCUT2D eigenvalue weighted by atomic mass is 10.0. The second-order valence-electron chi connectivity index (χ2n) is 7.00. The number of nitrogens with zero attached hydrogens (tertiary/aromatic N) is 2. The van der Waals surface area contributed by atoms with Crippen molar-refractivity contribution in [3.63, 3.8) is 0 Å². The van der Waals surface area contributed by atoms with Crippen LogP contribution in [0.15, 0.2) is 54.6 Å². The zero-order valence-corrected chi connectivity index (χ0v) is 18.1. The molecular formula is C22H27Cl2N3O2. The Morgan fingerprint density at radius 1 is 1.14 bits per heavy atom. The fourth-order valence-electron chi connectivity index (χ4n) is 3.55. The Bertz CT molecular complexity index is 817. The van der Waals surface area contributed by atoms with Crippen LogP contribution in [0.4, 0.5) is 0 Å². The summed E-state index contributed by atoms with van der Waals surface area (Å²) in [6.07, 6.45) is 0.299. The van der Waals surface area contributed by atoms with Crippen LogP contribution in [0.5, 0.6) is 0 Å². The molecular weight excluding hydrogens is 409 g/mol. The maximum atomic E-state index is 13.0. The van der Waals surface area contributed by atoms with Crippen LogP contribution in [0, 0.1) is 0 Å². The molecule has 1 fully saturated rings. The molecule has 1 aliphatic rings. The minimum Gasteiger partial charge on any atom is -0.338 e. The van der Waals surface area contributed by atoms with Crippen LogP contribution in [0.3, 0.4) is 0 Å². The van der Waals surface area contributed by atoms with Gasteiger partial charge < -0.3 is 15.1 Å². The van der Waals surface area contributed by atoms with Gasteiger partial charge in [-0.2, -0.15) is 0 Å². The molecule has 0 spiro atoms. The molecule has 1 unspecified atom stereocenters. The van der Waals surface area contributed by atoms with Gasteiger partial charge in [-0.25, -0.2) is 0 Å². The van der Waals surface area contributed by atoms with E-state index in [1.54, 1.807) is 11.8 Å². The van der Waals surface area contributed by atoms with Crippen molar-refractivity contribution in [1.29, 1.82) is 0 Å². The maximum absolute atomic E-state index is 13.0. The summed E-state index contributed by atoms with van der Waals surface area (Å²) < 4.78 is 0. The molecule has 5 nitrogen and oxygen atoms in total. The zero-order valence-electron chi connectivity index (χ0n) is 16.5. The number of hydrogen-bond acceptors (Lipinski definition) is 3. The Balaban J connectivity index is 0.00000300. The van der Waals surface area contributed by atoms with E-state index in [9.17, 15) is 9.59 Å². The highest BCUT2D eigenvalue weighted by Crippen LogP contribution is 2.29. The minimum absolute atomic E-state index is 0. The van der Waals surface area contributed by atoms with Crippen molar-refractivity contribution >= 4 is 35.8 Å². The molecule has 3 rings (SSSR count). The van der Waals surface area contributed by atoms with E-state index in [1.165, 1.54) is 0 Å². The lowest BCUT2D eigenvalue weighted by Crippen LogP contribution is -2.49. The topological polar surface area (TPSA) is 52.7 Å². The van der Waals surface area contributed by atoms with Gasteiger partial charge in [0.1, 0.15) is 0 Å². The van der Waals surface area contributed by atoms with E-state index < -0.39 is 0 Å². The molecule has 156 valence electrons. The number of benzene rings is 2. The summed E-state index contributed by atoms with van der Waals surface area (Å²) in [5.74, 6) is 0.0188. The van der Waals surface area contributed by atoms with E-state index >= 15 is 0 Å². The first kappa shape index (κ1) is 23.2. The number of rotatable bonds is 6. The van der Waals surface area contributed by atoms with Gasteiger partial charge >= 0.3 is 0 Å². The van der Waals surface area contributed by atoms with Crippen LogP contribution in [0.2, 0.25) is 5.02 Å². The van der Waals surface area contributed by atoms with Crippen molar-refractivity contribution in [1.82, 2.24) is 15.1 Å². The molecule has 1 heterocycles. The molecule has 1 saturated heterocycles. The Kier molecular flexibility index (Phi) is 8.96. The molecule has 0 saturated carbocycles. The number of piperazine rings is 1. The lowest BCUT2D eigenvalue weighted by molar-refractivity contribution is -0.136. The standard InChI is InChI=1S/C22H26ClN3O2.ClH/c1-17(27)25(16-18-7-3-2-4-8-18)13-11-22(28)26-14-12-24-15-21(26)19-9-5-6-10-20(19)23;/h2-10,21,24H,11-16H2,1H3;1H. The highest BCUT2D eigenvalue weighted by atomic mass is 35.5. The quantitative estimate of drug-likeness (QED) is 0.752. The van der Waals surface area contributed by atoms with Gasteiger partial charge in [0.2, 0.25) is 11.8 Å². The Hall–Kier alpha value is -2.08. The second kappa shape index (κ2) is 11.2. The molecule has 0 bridgehead atoms. The monoisotopic (exact) mass is 435 g/mol. The zero-order chi connectivity index (χ0) is 19.9. The fraction of sp³-hybridized carbons (Fsp3) is 0.364. The van der Waals surface area contributed by atoms with Crippen molar-refractivity contribution in [3.05, 3.63) is 70.7 Å². The van der Waals surface area contributed by atoms with Crippen LogP contribution in [-0.4, -0.2) is 47.8 Å². The van der Waals surface area contributed by atoms with Crippen LogP contribution < -0.4 is 5.32 Å². The summed E-state index contributed by atoms with van der Waals surface area (Å²) in [5, 5.41) is 4.01. The summed E-state index contributed by atoms with van der Waals surface area (Å²) in [4.78, 5) is 28.6. The highest BCUT2D eigenvalue weighted by molar-refractivity contribution is 6.31. The van der Waals surface area contributed by atoms with Crippen LogP contribution in [0.25, 0.3) is 0 Å². The minimum atomic E-state index is -0.0881. The molecule has 1 aliphatic heterocycles. The molecule has 7 heteroatoms. The van der Waals surface area contributed by atoms with E-state index in [0.717, 1.165) is 17.7 Å². The average molecular weight is 436 g/mol. The molecule has 0 radical (unpaired) electrons. The summed E-state index contributed by atoms with van der Waals surface area (Å²) in [6.45, 7) is 4.53. The number of carbonyl (C=O) groups is 2. The fourth-order valence-corrected chi connectivity index (χ4v) is 3.81. The van der Waals surface area contributed by atoms with Gasteiger partial charge in [-0.3, -0.25) is 9.59 Å². The number of hydrogen-bond donors (Lipinski definition) is 1. The third-order valence-corrected chi connectivity index (χ3v) is 5.43. The molecule has 2 amide bonds. The van der Waals surface area contributed by atoms with Crippen molar-refractivity contribution in [2.75, 3.05) is 26.2 Å². The first-order valence-electron chi connectivity index (χ1n) is 9.60. The SMILES string of the molecule is CC(=O)N(CCC(=O)N1CCNCC1c1ccccc1Cl)Cc1ccccc1.Cl. The van der Waals surface area contributed by atoms with E-state index in [-0.39, 0.29) is 30.3 Å². The highest BCUT2D eigenvalue weighted by Gasteiger charge is 2.29. The van der Waals surface area contributed by atoms with Gasteiger partial charge in [0.05, 0.1) is 6.04 Å². The Labute approximate surface area is 183 Å². The van der Waals surface area contributed by atoms with Gasteiger partial charge in [0.15, 0.2) is 0 Å². The summed E-state index contributed by atoms with van der Waals surface area (Å²) in [6, 6.07) is 17.4. The van der Waals surface area contributed by atoms with Crippen molar-refractivity contribution < 1.29 is 9.59 Å². The van der Waals surface area contributed by atoms with Crippen molar-refractivity contribution in [2.24, 2.45) is 0 Å². The van der Waals surface area contributed by atoms with Crippen LogP contribution >= 0.6 is 24.0 Å². The third kappa shape index (κ3) is 6.20. The van der Waals surface area contributed by atoms with E-state index in [4.69, 9.17) is 11.6 Å². The smallest absolute Gasteiger partial charge is 0.224 e. The number of amides is 2. The normalized spacial score (nSPS) is 16.1. The van der Waals surface area contributed by atoms with Crippen molar-refractivity contribution in [3.8, 4) is 0 Å². The third-order valence-electron chi connectivity index (χ3n) is 5.09. The lowest BCUT2D eigenvalue weighted by Gasteiger charge is -2.37. The van der Waals surface area contributed by atoms with Crippen LogP contribution in [0.1, 0.15) is 30.5 Å². The van der Waals surface area contributed by atoms with E-state index in [1.807, 2.05) is 59.5 Å². The molecule has 2 aromatic carbocycles. The molecule has 29 heavy (non-hydrogen) atoms. The summed E-state index contributed by atoms with van der Waals surface area (Å²) in [7, 11) is 0. The molecule has 2 aromatic rings. The van der Waals surface area contributed by atoms with E-state index in [2.05, 4.69) is 5.32 Å². The molecule has 1 atom stereocenters. The maximum Gasteiger partial charge on any atom is 0.224 e. The second-order valence-corrected chi connectivity index (χ2v) is 7.41. The number of nitrogens with one attached hydrogen (secondary N) is 1. The van der Waals surface area contributed by atoms with Gasteiger partial charge in [-0.1, -0.05) is 60.1 Å². The van der Waals surface area contributed by atoms with Gasteiger partial charge in [0.25, 0.3) is 0 Å². The van der Waals surface area contributed by atoms with Gasteiger partial charge in [-0.15, -0.1) is 12.4 Å².